The summed E-state index contributed by atoms with van der Waals surface area (Å²) in [7, 11) is 2.85. The Hall–Kier alpha value is -1.43. The first kappa shape index (κ1) is 14.6. The Kier molecular flexibility index (Phi) is 4.84. The molecule has 0 aliphatic rings. The van der Waals surface area contributed by atoms with Crippen LogP contribution in [0.2, 0.25) is 0 Å². The van der Waals surface area contributed by atoms with Crippen LogP contribution in [0.3, 0.4) is 0 Å². The fourth-order valence-electron chi connectivity index (χ4n) is 1.55. The average Bonchev–Trinajstić information content (AvgIpc) is 2.34. The van der Waals surface area contributed by atoms with Gasteiger partial charge in [0, 0.05) is 18.1 Å². The molecule has 0 aromatic heterocycles. The summed E-state index contributed by atoms with van der Waals surface area (Å²) in [5, 5.41) is 9.74. The summed E-state index contributed by atoms with van der Waals surface area (Å²) < 4.78 is 46.2. The molecule has 18 heavy (non-hydrogen) atoms. The molecule has 0 radical (unpaired) electrons. The number of benzene rings is 1. The molecule has 1 unspecified atom stereocenters. The van der Waals surface area contributed by atoms with Crippen molar-refractivity contribution in [2.45, 2.75) is 25.1 Å². The van der Waals surface area contributed by atoms with Crippen LogP contribution < -0.4 is 9.47 Å². The molecule has 1 aromatic carbocycles. The fraction of sp³-hybridized carbons (Fsp3) is 0.500. The van der Waals surface area contributed by atoms with Crippen LogP contribution in [0.5, 0.6) is 11.5 Å². The normalized spacial score (nSPS) is 13.2. The van der Waals surface area contributed by atoms with Crippen molar-refractivity contribution in [2.24, 2.45) is 0 Å². The molecule has 0 fully saturated rings. The Labute approximate surface area is 103 Å². The van der Waals surface area contributed by atoms with Gasteiger partial charge in [0.2, 0.25) is 0 Å². The Bertz CT molecular complexity index is 391. The van der Waals surface area contributed by atoms with Gasteiger partial charge in [-0.25, -0.2) is 0 Å². The van der Waals surface area contributed by atoms with Crippen molar-refractivity contribution in [3.05, 3.63) is 23.8 Å². The van der Waals surface area contributed by atoms with Gasteiger partial charge in [-0.1, -0.05) is 0 Å². The lowest BCUT2D eigenvalue weighted by Gasteiger charge is -2.16. The minimum absolute atomic E-state index is 0.309. The van der Waals surface area contributed by atoms with E-state index >= 15 is 0 Å². The van der Waals surface area contributed by atoms with E-state index in [1.165, 1.54) is 26.4 Å². The Morgan fingerprint density at radius 1 is 1.22 bits per heavy atom. The summed E-state index contributed by atoms with van der Waals surface area (Å²) >= 11 is 0. The number of aliphatic hydroxyl groups is 1. The SMILES string of the molecule is COc1ccc(C(O)CCC(F)(F)F)c(OC)c1. The topological polar surface area (TPSA) is 38.7 Å². The van der Waals surface area contributed by atoms with E-state index in [1.807, 2.05) is 0 Å². The van der Waals surface area contributed by atoms with E-state index in [-0.39, 0.29) is 0 Å². The third-order valence-corrected chi connectivity index (χ3v) is 2.50. The van der Waals surface area contributed by atoms with Gasteiger partial charge >= 0.3 is 6.18 Å². The van der Waals surface area contributed by atoms with Crippen molar-refractivity contribution >= 4 is 0 Å². The van der Waals surface area contributed by atoms with Gasteiger partial charge in [0.05, 0.1) is 20.3 Å². The molecule has 0 saturated heterocycles. The molecule has 6 heteroatoms. The molecule has 1 atom stereocenters. The van der Waals surface area contributed by atoms with Crippen molar-refractivity contribution in [2.75, 3.05) is 14.2 Å². The van der Waals surface area contributed by atoms with Crippen LogP contribution in [-0.2, 0) is 0 Å². The number of aliphatic hydroxyl groups excluding tert-OH is 1. The molecule has 0 aliphatic carbocycles. The van der Waals surface area contributed by atoms with Gasteiger partial charge in [-0.05, 0) is 18.6 Å². The smallest absolute Gasteiger partial charge is 0.389 e. The van der Waals surface area contributed by atoms with E-state index in [0.29, 0.717) is 17.1 Å². The maximum absolute atomic E-state index is 12.1. The molecular formula is C12H15F3O3. The quantitative estimate of drug-likeness (QED) is 0.888. The van der Waals surface area contributed by atoms with E-state index in [0.717, 1.165) is 0 Å². The zero-order chi connectivity index (χ0) is 13.8. The summed E-state index contributed by atoms with van der Waals surface area (Å²) in [6.45, 7) is 0. The Morgan fingerprint density at radius 2 is 1.89 bits per heavy atom. The first-order chi connectivity index (χ1) is 8.37. The molecule has 102 valence electrons. The molecule has 0 bridgehead atoms. The molecule has 0 spiro atoms. The predicted octanol–water partition coefficient (Wildman–Crippen LogP) is 3.08. The first-order valence-electron chi connectivity index (χ1n) is 5.34. The van der Waals surface area contributed by atoms with E-state index < -0.39 is 25.1 Å². The second-order valence-electron chi connectivity index (χ2n) is 3.78. The van der Waals surface area contributed by atoms with Crippen molar-refractivity contribution < 1.29 is 27.8 Å². The molecule has 1 aromatic rings. The van der Waals surface area contributed by atoms with E-state index in [9.17, 15) is 18.3 Å². The number of ether oxygens (including phenoxy) is 2. The first-order valence-corrected chi connectivity index (χ1v) is 5.34. The van der Waals surface area contributed by atoms with Gasteiger partial charge in [-0.15, -0.1) is 0 Å². The van der Waals surface area contributed by atoms with Crippen molar-refractivity contribution in [1.29, 1.82) is 0 Å². The largest absolute Gasteiger partial charge is 0.497 e. The third kappa shape index (κ3) is 4.10. The zero-order valence-corrected chi connectivity index (χ0v) is 10.1. The molecule has 0 aliphatic heterocycles. The average molecular weight is 264 g/mol. The molecule has 3 nitrogen and oxygen atoms in total. The van der Waals surface area contributed by atoms with Gasteiger partial charge in [0.1, 0.15) is 11.5 Å². The molecule has 0 heterocycles. The minimum Gasteiger partial charge on any atom is -0.497 e. The summed E-state index contributed by atoms with van der Waals surface area (Å²) in [5.41, 5.74) is 0.322. The van der Waals surface area contributed by atoms with Crippen LogP contribution in [0, 0.1) is 0 Å². The van der Waals surface area contributed by atoms with Crippen LogP contribution in [0.15, 0.2) is 18.2 Å². The number of hydrogen-bond donors (Lipinski definition) is 1. The molecular weight excluding hydrogens is 249 g/mol. The van der Waals surface area contributed by atoms with Crippen LogP contribution >= 0.6 is 0 Å². The number of alkyl halides is 3. The van der Waals surface area contributed by atoms with Gasteiger partial charge in [0.15, 0.2) is 0 Å². The highest BCUT2D eigenvalue weighted by atomic mass is 19.4. The molecule has 0 saturated carbocycles. The van der Waals surface area contributed by atoms with E-state index in [4.69, 9.17) is 9.47 Å². The van der Waals surface area contributed by atoms with Crippen LogP contribution in [0.4, 0.5) is 13.2 Å². The van der Waals surface area contributed by atoms with E-state index in [1.54, 1.807) is 6.07 Å². The monoisotopic (exact) mass is 264 g/mol. The molecule has 1 N–H and O–H groups in total. The highest BCUT2D eigenvalue weighted by molar-refractivity contribution is 5.41. The summed E-state index contributed by atoms with van der Waals surface area (Å²) in [4.78, 5) is 0. The fourth-order valence-corrected chi connectivity index (χ4v) is 1.55. The van der Waals surface area contributed by atoms with Gasteiger partial charge in [-0.3, -0.25) is 0 Å². The highest BCUT2D eigenvalue weighted by Crippen LogP contribution is 2.33. The third-order valence-electron chi connectivity index (χ3n) is 2.50. The second kappa shape index (κ2) is 5.95. The number of halogens is 3. The summed E-state index contributed by atoms with van der Waals surface area (Å²) in [6, 6.07) is 4.58. The Morgan fingerprint density at radius 3 is 2.39 bits per heavy atom. The van der Waals surface area contributed by atoms with Crippen molar-refractivity contribution in [1.82, 2.24) is 0 Å². The predicted molar refractivity (Wildman–Crippen MR) is 59.8 cm³/mol. The molecule has 0 amide bonds. The highest BCUT2D eigenvalue weighted by Gasteiger charge is 2.28. The van der Waals surface area contributed by atoms with Gasteiger partial charge in [0.25, 0.3) is 0 Å². The van der Waals surface area contributed by atoms with Gasteiger partial charge in [-0.2, -0.15) is 13.2 Å². The summed E-state index contributed by atoms with van der Waals surface area (Å²) in [5.74, 6) is 0.822. The number of hydrogen-bond acceptors (Lipinski definition) is 3. The lowest BCUT2D eigenvalue weighted by atomic mass is 10.0. The standard InChI is InChI=1S/C12H15F3O3/c1-17-8-3-4-9(11(7-8)18-2)10(16)5-6-12(13,14)15/h3-4,7,10,16H,5-6H2,1-2H3. The minimum atomic E-state index is -4.28. The zero-order valence-electron chi connectivity index (χ0n) is 10.1. The maximum atomic E-state index is 12.1. The van der Waals surface area contributed by atoms with Gasteiger partial charge < -0.3 is 14.6 Å². The number of rotatable bonds is 5. The van der Waals surface area contributed by atoms with Crippen LogP contribution in [-0.4, -0.2) is 25.5 Å². The van der Waals surface area contributed by atoms with Crippen LogP contribution in [0.25, 0.3) is 0 Å². The van der Waals surface area contributed by atoms with E-state index in [2.05, 4.69) is 0 Å². The number of methoxy groups -OCH3 is 2. The molecule has 1 rings (SSSR count). The maximum Gasteiger partial charge on any atom is 0.389 e. The lowest BCUT2D eigenvalue weighted by molar-refractivity contribution is -0.140. The second-order valence-corrected chi connectivity index (χ2v) is 3.78. The Balaban J connectivity index is 2.81. The lowest BCUT2D eigenvalue weighted by Crippen LogP contribution is -2.10. The van der Waals surface area contributed by atoms with Crippen LogP contribution in [0.1, 0.15) is 24.5 Å². The van der Waals surface area contributed by atoms with Crippen molar-refractivity contribution in [3.63, 3.8) is 0 Å². The van der Waals surface area contributed by atoms with Crippen molar-refractivity contribution in [3.8, 4) is 11.5 Å². The summed E-state index contributed by atoms with van der Waals surface area (Å²) in [6.07, 6.45) is -6.93.